The van der Waals surface area contributed by atoms with Gasteiger partial charge in [0.2, 0.25) is 11.8 Å². The summed E-state index contributed by atoms with van der Waals surface area (Å²) in [6.45, 7) is 1.56. The molecule has 148 valence electrons. The highest BCUT2D eigenvalue weighted by molar-refractivity contribution is 5.54. The lowest BCUT2D eigenvalue weighted by Crippen LogP contribution is -2.07. The summed E-state index contributed by atoms with van der Waals surface area (Å²) < 4.78 is 82.4. The van der Waals surface area contributed by atoms with E-state index in [1.54, 1.807) is 6.92 Å². The molecule has 0 unspecified atom stereocenters. The summed E-state index contributed by atoms with van der Waals surface area (Å²) in [5.41, 5.74) is -1.63. The van der Waals surface area contributed by atoms with E-state index in [1.807, 2.05) is 0 Å². The Hall–Kier alpha value is -3.18. The number of rotatable bonds is 3. The second-order valence-corrected chi connectivity index (χ2v) is 5.70. The van der Waals surface area contributed by atoms with Crippen LogP contribution in [0, 0.1) is 6.92 Å². The Morgan fingerprint density at radius 1 is 0.929 bits per heavy atom. The van der Waals surface area contributed by atoms with Gasteiger partial charge in [-0.05, 0) is 19.1 Å². The second-order valence-electron chi connectivity index (χ2n) is 5.70. The number of halogens is 6. The van der Waals surface area contributed by atoms with Gasteiger partial charge in [0, 0.05) is 36.6 Å². The van der Waals surface area contributed by atoms with Gasteiger partial charge >= 0.3 is 12.4 Å². The molecule has 0 saturated carbocycles. The van der Waals surface area contributed by atoms with Crippen molar-refractivity contribution in [3.05, 3.63) is 47.5 Å². The Bertz CT molecular complexity index is 994. The van der Waals surface area contributed by atoms with E-state index in [1.165, 1.54) is 13.2 Å². The van der Waals surface area contributed by atoms with Crippen LogP contribution in [-0.4, -0.2) is 24.7 Å². The predicted molar refractivity (Wildman–Crippen MR) is 83.3 cm³/mol. The van der Waals surface area contributed by atoms with Gasteiger partial charge in [0.25, 0.3) is 0 Å². The molecule has 12 heteroatoms. The van der Waals surface area contributed by atoms with E-state index in [9.17, 15) is 26.3 Å². The van der Waals surface area contributed by atoms with Crippen molar-refractivity contribution in [2.45, 2.75) is 19.3 Å². The SMILES string of the molecule is Cc1cnc(-c2ccc(C(F)(F)F)nc2)nc1Oc1cc(C(F)(F)F)nn1C. The van der Waals surface area contributed by atoms with Crippen LogP contribution < -0.4 is 4.74 Å². The minimum atomic E-state index is -4.64. The normalized spacial score (nSPS) is 12.3. The summed E-state index contributed by atoms with van der Waals surface area (Å²) in [6.07, 6.45) is -6.95. The summed E-state index contributed by atoms with van der Waals surface area (Å²) in [5, 5.41) is 3.33. The average Bonchev–Trinajstić information content (AvgIpc) is 2.97. The summed E-state index contributed by atoms with van der Waals surface area (Å²) in [5.74, 6) is -0.285. The number of alkyl halides is 6. The molecule has 0 fully saturated rings. The summed E-state index contributed by atoms with van der Waals surface area (Å²) in [7, 11) is 1.27. The van der Waals surface area contributed by atoms with Gasteiger partial charge < -0.3 is 4.74 Å². The maximum atomic E-state index is 12.8. The standard InChI is InChI=1S/C16H11F6N5O/c1-8-6-24-13(9-3-4-10(23-7-9)15(17,18)19)25-14(8)28-12-5-11(16(20,21)22)26-27(12)2/h3-7H,1-2H3. The third kappa shape index (κ3) is 4.05. The average molecular weight is 403 g/mol. The van der Waals surface area contributed by atoms with Crippen molar-refractivity contribution < 1.29 is 31.1 Å². The van der Waals surface area contributed by atoms with Crippen molar-refractivity contribution in [3.63, 3.8) is 0 Å². The van der Waals surface area contributed by atoms with E-state index >= 15 is 0 Å². The van der Waals surface area contributed by atoms with E-state index in [0.29, 0.717) is 11.6 Å². The maximum Gasteiger partial charge on any atom is 0.435 e. The van der Waals surface area contributed by atoms with Gasteiger partial charge in [-0.15, -0.1) is 0 Å². The van der Waals surface area contributed by atoms with Crippen LogP contribution in [0.25, 0.3) is 11.4 Å². The number of ether oxygens (including phenoxy) is 1. The number of hydrogen-bond acceptors (Lipinski definition) is 5. The van der Waals surface area contributed by atoms with Crippen molar-refractivity contribution in [2.75, 3.05) is 0 Å². The van der Waals surface area contributed by atoms with Crippen LogP contribution in [0.15, 0.2) is 30.6 Å². The van der Waals surface area contributed by atoms with Crippen LogP contribution in [0.5, 0.6) is 11.8 Å². The minimum absolute atomic E-state index is 0.0000349. The van der Waals surface area contributed by atoms with Gasteiger partial charge in [0.1, 0.15) is 5.69 Å². The molecule has 6 nitrogen and oxygen atoms in total. The zero-order valence-electron chi connectivity index (χ0n) is 14.3. The van der Waals surface area contributed by atoms with Crippen LogP contribution in [0.1, 0.15) is 17.0 Å². The maximum absolute atomic E-state index is 12.8. The molecule has 0 atom stereocenters. The lowest BCUT2D eigenvalue weighted by atomic mass is 10.2. The fourth-order valence-electron chi connectivity index (χ4n) is 2.15. The monoisotopic (exact) mass is 403 g/mol. The first kappa shape index (κ1) is 19.6. The first-order valence-electron chi connectivity index (χ1n) is 7.61. The predicted octanol–water partition coefficient (Wildman–Crippen LogP) is 4.41. The molecule has 0 bridgehead atoms. The van der Waals surface area contributed by atoms with Crippen molar-refractivity contribution in [2.24, 2.45) is 7.05 Å². The zero-order valence-corrected chi connectivity index (χ0v) is 14.3. The van der Waals surface area contributed by atoms with Crippen LogP contribution >= 0.6 is 0 Å². The number of nitrogens with zero attached hydrogens (tertiary/aromatic N) is 5. The highest BCUT2D eigenvalue weighted by atomic mass is 19.4. The van der Waals surface area contributed by atoms with Crippen LogP contribution in [0.2, 0.25) is 0 Å². The summed E-state index contributed by atoms with van der Waals surface area (Å²) >= 11 is 0. The second kappa shape index (κ2) is 6.77. The number of hydrogen-bond donors (Lipinski definition) is 0. The van der Waals surface area contributed by atoms with E-state index in [-0.39, 0.29) is 23.1 Å². The molecular weight excluding hydrogens is 392 g/mol. The van der Waals surface area contributed by atoms with Gasteiger partial charge in [-0.2, -0.15) is 36.4 Å². The van der Waals surface area contributed by atoms with Gasteiger partial charge in [-0.1, -0.05) is 0 Å². The Labute approximate surface area is 153 Å². The lowest BCUT2D eigenvalue weighted by Gasteiger charge is -2.09. The molecule has 0 aliphatic rings. The Balaban J connectivity index is 1.91. The van der Waals surface area contributed by atoms with Gasteiger partial charge in [0.05, 0.1) is 0 Å². The molecule has 3 rings (SSSR count). The van der Waals surface area contributed by atoms with E-state index in [4.69, 9.17) is 4.74 Å². The van der Waals surface area contributed by atoms with Crippen molar-refractivity contribution in [1.82, 2.24) is 24.7 Å². The molecular formula is C16H11F6N5O. The molecule has 28 heavy (non-hydrogen) atoms. The molecule has 0 N–H and O–H groups in total. The number of aromatic nitrogens is 5. The molecule has 0 aromatic carbocycles. The van der Waals surface area contributed by atoms with Crippen molar-refractivity contribution >= 4 is 0 Å². The highest BCUT2D eigenvalue weighted by Gasteiger charge is 2.35. The molecule has 0 saturated heterocycles. The topological polar surface area (TPSA) is 65.7 Å². The first-order chi connectivity index (χ1) is 12.9. The first-order valence-corrected chi connectivity index (χ1v) is 7.61. The molecule has 0 amide bonds. The largest absolute Gasteiger partial charge is 0.435 e. The fourth-order valence-corrected chi connectivity index (χ4v) is 2.15. The Morgan fingerprint density at radius 3 is 2.14 bits per heavy atom. The summed E-state index contributed by atoms with van der Waals surface area (Å²) in [4.78, 5) is 11.4. The Morgan fingerprint density at radius 2 is 1.61 bits per heavy atom. The van der Waals surface area contributed by atoms with E-state index < -0.39 is 23.7 Å². The molecule has 3 heterocycles. The van der Waals surface area contributed by atoms with Crippen molar-refractivity contribution in [1.29, 1.82) is 0 Å². The molecule has 3 aromatic heterocycles. The zero-order chi connectivity index (χ0) is 20.7. The number of pyridine rings is 1. The Kier molecular flexibility index (Phi) is 4.73. The fraction of sp³-hybridized carbons (Fsp3) is 0.250. The minimum Gasteiger partial charge on any atom is -0.421 e. The van der Waals surface area contributed by atoms with Crippen LogP contribution in [0.4, 0.5) is 26.3 Å². The smallest absolute Gasteiger partial charge is 0.421 e. The van der Waals surface area contributed by atoms with Gasteiger partial charge in [-0.3, -0.25) is 4.98 Å². The van der Waals surface area contributed by atoms with E-state index in [2.05, 4.69) is 20.1 Å². The highest BCUT2D eigenvalue weighted by Crippen LogP contribution is 2.33. The third-order valence-electron chi connectivity index (χ3n) is 3.57. The van der Waals surface area contributed by atoms with Crippen LogP contribution in [0.3, 0.4) is 0 Å². The molecule has 0 aliphatic carbocycles. The van der Waals surface area contributed by atoms with Crippen LogP contribution in [-0.2, 0) is 19.4 Å². The molecule has 0 radical (unpaired) electrons. The molecule has 3 aromatic rings. The van der Waals surface area contributed by atoms with Gasteiger partial charge in [0.15, 0.2) is 11.5 Å². The van der Waals surface area contributed by atoms with Crippen molar-refractivity contribution in [3.8, 4) is 23.1 Å². The lowest BCUT2D eigenvalue weighted by molar-refractivity contribution is -0.142. The third-order valence-corrected chi connectivity index (χ3v) is 3.57. The summed E-state index contributed by atoms with van der Waals surface area (Å²) in [6, 6.07) is 2.62. The molecule has 0 spiro atoms. The quantitative estimate of drug-likeness (QED) is 0.606. The van der Waals surface area contributed by atoms with E-state index in [0.717, 1.165) is 23.0 Å². The molecule has 0 aliphatic heterocycles. The number of aryl methyl sites for hydroxylation is 2. The van der Waals surface area contributed by atoms with Gasteiger partial charge in [-0.25, -0.2) is 9.67 Å².